The quantitative estimate of drug-likeness (QED) is 0.768. The van der Waals surface area contributed by atoms with Gasteiger partial charge in [0.1, 0.15) is 0 Å². The molecule has 1 aromatic rings. The van der Waals surface area contributed by atoms with Crippen molar-refractivity contribution in [3.05, 3.63) is 23.0 Å². The van der Waals surface area contributed by atoms with Crippen LogP contribution in [0, 0.1) is 13.8 Å². The summed E-state index contributed by atoms with van der Waals surface area (Å²) in [7, 11) is 1.92. The van der Waals surface area contributed by atoms with Crippen molar-refractivity contribution in [1.29, 1.82) is 0 Å². The van der Waals surface area contributed by atoms with E-state index in [2.05, 4.69) is 11.5 Å². The summed E-state index contributed by atoms with van der Waals surface area (Å²) in [4.78, 5) is 14.2. The van der Waals surface area contributed by atoms with E-state index < -0.39 is 0 Å². The Morgan fingerprint density at radius 2 is 2.11 bits per heavy atom. The first-order valence-corrected chi connectivity index (χ1v) is 6.93. The molecule has 0 saturated heterocycles. The number of aliphatic hydroxyl groups excluding tert-OH is 1. The molecule has 4 heteroatoms. The molecular formula is C15H26N2O2. The third-order valence-corrected chi connectivity index (χ3v) is 3.53. The van der Waals surface area contributed by atoms with Gasteiger partial charge < -0.3 is 9.67 Å². The largest absolute Gasteiger partial charge is 0.393 e. The van der Waals surface area contributed by atoms with Gasteiger partial charge in [-0.1, -0.05) is 0 Å². The Morgan fingerprint density at radius 1 is 1.47 bits per heavy atom. The fourth-order valence-electron chi connectivity index (χ4n) is 2.39. The summed E-state index contributed by atoms with van der Waals surface area (Å²) < 4.78 is 2.16. The number of aryl methyl sites for hydroxylation is 1. The number of rotatable bonds is 7. The molecule has 1 unspecified atom stereocenters. The van der Waals surface area contributed by atoms with E-state index in [9.17, 15) is 9.90 Å². The minimum Gasteiger partial charge on any atom is -0.393 e. The van der Waals surface area contributed by atoms with E-state index in [1.54, 1.807) is 6.92 Å². The number of aliphatic hydroxyl groups is 1. The smallest absolute Gasteiger partial charge is 0.178 e. The van der Waals surface area contributed by atoms with E-state index >= 15 is 0 Å². The Hall–Kier alpha value is -1.13. The van der Waals surface area contributed by atoms with Crippen LogP contribution >= 0.6 is 0 Å². The highest BCUT2D eigenvalue weighted by molar-refractivity contribution is 5.99. The molecule has 1 atom stereocenters. The van der Waals surface area contributed by atoms with Crippen LogP contribution in [0.4, 0.5) is 0 Å². The third kappa shape index (κ3) is 4.18. The van der Waals surface area contributed by atoms with E-state index in [4.69, 9.17) is 0 Å². The zero-order valence-corrected chi connectivity index (χ0v) is 12.7. The number of hydrogen-bond acceptors (Lipinski definition) is 3. The molecule has 0 aliphatic carbocycles. The predicted molar refractivity (Wildman–Crippen MR) is 77.7 cm³/mol. The van der Waals surface area contributed by atoms with Gasteiger partial charge in [-0.05, 0) is 47.2 Å². The lowest BCUT2D eigenvalue weighted by Gasteiger charge is -2.16. The summed E-state index contributed by atoms with van der Waals surface area (Å²) in [5.41, 5.74) is 3.01. The Labute approximate surface area is 116 Å². The molecule has 0 saturated carbocycles. The first kappa shape index (κ1) is 15.9. The summed E-state index contributed by atoms with van der Waals surface area (Å²) in [6, 6.07) is 1.98. The summed E-state index contributed by atoms with van der Waals surface area (Å²) in [6.45, 7) is 9.91. The van der Waals surface area contributed by atoms with E-state index in [-0.39, 0.29) is 11.9 Å². The van der Waals surface area contributed by atoms with Crippen molar-refractivity contribution < 1.29 is 9.90 Å². The Kier molecular flexibility index (Phi) is 5.76. The van der Waals surface area contributed by atoms with Crippen molar-refractivity contribution in [3.8, 4) is 0 Å². The lowest BCUT2D eigenvalue weighted by molar-refractivity contribution is 0.0931. The van der Waals surface area contributed by atoms with Crippen LogP contribution in [0.15, 0.2) is 6.07 Å². The van der Waals surface area contributed by atoms with Crippen LogP contribution in [0.25, 0.3) is 0 Å². The molecule has 1 N–H and O–H groups in total. The normalized spacial score (nSPS) is 13.0. The minimum atomic E-state index is -0.317. The molecule has 0 radical (unpaired) electrons. The Balaban J connectivity index is 2.68. The molecule has 1 aromatic heterocycles. The molecule has 0 amide bonds. The second kappa shape index (κ2) is 6.87. The average molecular weight is 266 g/mol. The van der Waals surface area contributed by atoms with E-state index in [0.717, 1.165) is 30.0 Å². The summed E-state index contributed by atoms with van der Waals surface area (Å²) in [5.74, 6) is 0.154. The van der Waals surface area contributed by atoms with E-state index in [1.807, 2.05) is 31.9 Å². The number of carbonyl (C=O) groups is 1. The zero-order valence-electron chi connectivity index (χ0n) is 12.7. The first-order chi connectivity index (χ1) is 8.86. The molecule has 4 nitrogen and oxygen atoms in total. The maximum Gasteiger partial charge on any atom is 0.178 e. The molecule has 0 aromatic carbocycles. The second-order valence-electron chi connectivity index (χ2n) is 5.33. The van der Waals surface area contributed by atoms with Gasteiger partial charge in [0.05, 0.1) is 12.6 Å². The first-order valence-electron chi connectivity index (χ1n) is 6.93. The summed E-state index contributed by atoms with van der Waals surface area (Å²) in [5, 5.41) is 9.25. The molecule has 1 rings (SSSR count). The molecule has 108 valence electrons. The van der Waals surface area contributed by atoms with Crippen LogP contribution in [0.2, 0.25) is 0 Å². The van der Waals surface area contributed by atoms with Crippen molar-refractivity contribution in [2.45, 2.75) is 46.8 Å². The fraction of sp³-hybridized carbons (Fsp3) is 0.667. The minimum absolute atomic E-state index is 0.154. The van der Waals surface area contributed by atoms with Crippen LogP contribution in [-0.2, 0) is 6.54 Å². The van der Waals surface area contributed by atoms with Gasteiger partial charge in [-0.3, -0.25) is 9.69 Å². The second-order valence-corrected chi connectivity index (χ2v) is 5.33. The van der Waals surface area contributed by atoms with Crippen LogP contribution < -0.4 is 0 Å². The highest BCUT2D eigenvalue weighted by Gasteiger charge is 2.16. The van der Waals surface area contributed by atoms with Crippen LogP contribution in [0.1, 0.15) is 42.0 Å². The van der Waals surface area contributed by atoms with Gasteiger partial charge in [-0.25, -0.2) is 0 Å². The monoisotopic (exact) mass is 266 g/mol. The van der Waals surface area contributed by atoms with Crippen molar-refractivity contribution >= 4 is 5.78 Å². The fourth-order valence-corrected chi connectivity index (χ4v) is 2.39. The lowest BCUT2D eigenvalue weighted by Crippen LogP contribution is -2.28. The molecular weight excluding hydrogens is 240 g/mol. The van der Waals surface area contributed by atoms with Crippen molar-refractivity contribution in [3.63, 3.8) is 0 Å². The number of Topliss-reactive ketones (excluding diaryl/α,β-unsaturated/α-hetero) is 1. The summed E-state index contributed by atoms with van der Waals surface area (Å²) >= 11 is 0. The molecule has 19 heavy (non-hydrogen) atoms. The predicted octanol–water partition coefficient (Wildman–Crippen LogP) is 2.01. The maximum absolute atomic E-state index is 12.3. The molecule has 0 bridgehead atoms. The number of likely N-dealkylation sites (N-methyl/N-ethyl adjacent to an activating group) is 1. The number of aromatic nitrogens is 1. The van der Waals surface area contributed by atoms with Gasteiger partial charge in [0.25, 0.3) is 0 Å². The Bertz CT molecular complexity index is 436. The van der Waals surface area contributed by atoms with Gasteiger partial charge in [-0.15, -0.1) is 0 Å². The number of carbonyl (C=O) groups excluding carboxylic acids is 1. The van der Waals surface area contributed by atoms with Crippen LogP contribution in [0.5, 0.6) is 0 Å². The van der Waals surface area contributed by atoms with Crippen LogP contribution in [0.3, 0.4) is 0 Å². The highest BCUT2D eigenvalue weighted by Crippen LogP contribution is 2.15. The standard InChI is InChI=1S/C15H26N2O2/c1-6-17-11(2)9-14(13(17)4)15(19)10-16(5)8-7-12(3)18/h9,12,18H,6-8,10H2,1-5H3. The van der Waals surface area contributed by atoms with E-state index in [1.165, 1.54) is 0 Å². The van der Waals surface area contributed by atoms with Gasteiger partial charge in [0, 0.05) is 30.0 Å². The number of ketones is 1. The molecule has 0 fully saturated rings. The van der Waals surface area contributed by atoms with Crippen molar-refractivity contribution in [2.24, 2.45) is 0 Å². The zero-order chi connectivity index (χ0) is 14.6. The van der Waals surface area contributed by atoms with E-state index in [0.29, 0.717) is 13.0 Å². The van der Waals surface area contributed by atoms with Crippen molar-refractivity contribution in [1.82, 2.24) is 9.47 Å². The third-order valence-electron chi connectivity index (χ3n) is 3.53. The van der Waals surface area contributed by atoms with Gasteiger partial charge >= 0.3 is 0 Å². The molecule has 0 spiro atoms. The average Bonchev–Trinajstić information content (AvgIpc) is 2.61. The SMILES string of the molecule is CCn1c(C)cc(C(=O)CN(C)CCC(C)O)c1C. The van der Waals surface area contributed by atoms with Gasteiger partial charge in [0.15, 0.2) is 5.78 Å². The number of hydrogen-bond donors (Lipinski definition) is 1. The highest BCUT2D eigenvalue weighted by atomic mass is 16.3. The van der Waals surface area contributed by atoms with Gasteiger partial charge in [0.2, 0.25) is 0 Å². The molecule has 1 heterocycles. The van der Waals surface area contributed by atoms with Crippen molar-refractivity contribution in [2.75, 3.05) is 20.1 Å². The molecule has 0 aliphatic rings. The lowest BCUT2D eigenvalue weighted by atomic mass is 10.1. The Morgan fingerprint density at radius 3 is 2.58 bits per heavy atom. The van der Waals surface area contributed by atoms with Crippen LogP contribution in [-0.4, -0.2) is 46.6 Å². The maximum atomic E-state index is 12.3. The molecule has 0 aliphatic heterocycles. The number of nitrogens with zero attached hydrogens (tertiary/aromatic N) is 2. The summed E-state index contributed by atoms with van der Waals surface area (Å²) in [6.07, 6.45) is 0.375. The van der Waals surface area contributed by atoms with Gasteiger partial charge in [-0.2, -0.15) is 0 Å². The topological polar surface area (TPSA) is 45.5 Å².